The molecule has 0 aromatic heterocycles. The van der Waals surface area contributed by atoms with Crippen molar-refractivity contribution in [1.82, 2.24) is 5.32 Å². The molecule has 0 radical (unpaired) electrons. The number of hydrogen-bond donors (Lipinski definition) is 3. The lowest BCUT2D eigenvalue weighted by Crippen LogP contribution is -2.30. The van der Waals surface area contributed by atoms with Crippen molar-refractivity contribution in [3.8, 4) is 0 Å². The molecule has 1 aromatic carbocycles. The van der Waals surface area contributed by atoms with Crippen LogP contribution >= 0.6 is 12.4 Å². The Morgan fingerprint density at radius 3 is 2.59 bits per heavy atom. The van der Waals surface area contributed by atoms with E-state index in [2.05, 4.69) is 16.0 Å². The fourth-order valence-corrected chi connectivity index (χ4v) is 2.45. The molecule has 1 saturated heterocycles. The van der Waals surface area contributed by atoms with Crippen molar-refractivity contribution in [2.75, 3.05) is 23.7 Å². The van der Waals surface area contributed by atoms with E-state index in [1.54, 1.807) is 0 Å². The van der Waals surface area contributed by atoms with Gasteiger partial charge in [-0.15, -0.1) is 12.4 Å². The van der Waals surface area contributed by atoms with E-state index in [-0.39, 0.29) is 29.9 Å². The summed E-state index contributed by atoms with van der Waals surface area (Å²) in [4.78, 5) is 23.0. The van der Waals surface area contributed by atoms with E-state index in [4.69, 9.17) is 0 Å². The van der Waals surface area contributed by atoms with Gasteiger partial charge in [-0.25, -0.2) is 4.39 Å². The summed E-state index contributed by atoms with van der Waals surface area (Å²) in [5, 5.41) is 8.40. The van der Waals surface area contributed by atoms with E-state index >= 15 is 0 Å². The molecule has 1 heterocycles. The van der Waals surface area contributed by atoms with Crippen LogP contribution in [0.4, 0.5) is 15.8 Å². The number of hydrogen-bond acceptors (Lipinski definition) is 3. The minimum Gasteiger partial charge on any atom is -0.326 e. The first-order valence-electron chi connectivity index (χ1n) is 7.12. The Morgan fingerprint density at radius 1 is 1.27 bits per heavy atom. The molecular formula is C15H21ClFN3O2. The zero-order chi connectivity index (χ0) is 15.2. The fourth-order valence-electron chi connectivity index (χ4n) is 2.45. The molecule has 5 nitrogen and oxygen atoms in total. The third kappa shape index (κ3) is 5.61. The highest BCUT2D eigenvalue weighted by Crippen LogP contribution is 2.21. The standard InChI is InChI=1S/C15H20FN3O2.ClH/c1-10(20)18-14-9-12(2-3-13(14)16)19-15(21)8-11-4-6-17-7-5-11;/h2-3,9,11,17H,4-8H2,1H3,(H,18,20)(H,19,21);1H. The first-order chi connectivity index (χ1) is 10.0. The molecule has 1 aromatic rings. The van der Waals surface area contributed by atoms with Gasteiger partial charge in [-0.3, -0.25) is 9.59 Å². The molecular weight excluding hydrogens is 309 g/mol. The predicted octanol–water partition coefficient (Wildman–Crippen LogP) is 2.53. The lowest BCUT2D eigenvalue weighted by molar-refractivity contribution is -0.117. The van der Waals surface area contributed by atoms with Crippen LogP contribution in [-0.2, 0) is 9.59 Å². The molecule has 2 amide bonds. The van der Waals surface area contributed by atoms with Gasteiger partial charge in [0.15, 0.2) is 0 Å². The van der Waals surface area contributed by atoms with Crippen molar-refractivity contribution in [3.63, 3.8) is 0 Å². The Bertz CT molecular complexity index is 534. The third-order valence-corrected chi connectivity index (χ3v) is 3.49. The lowest BCUT2D eigenvalue weighted by atomic mass is 9.94. The molecule has 0 bridgehead atoms. The maximum Gasteiger partial charge on any atom is 0.224 e. The SMILES string of the molecule is CC(=O)Nc1cc(NC(=O)CC2CCNCC2)ccc1F.Cl. The van der Waals surface area contributed by atoms with Crippen LogP contribution in [0.15, 0.2) is 18.2 Å². The van der Waals surface area contributed by atoms with Gasteiger partial charge in [-0.1, -0.05) is 0 Å². The number of carbonyl (C=O) groups excluding carboxylic acids is 2. The predicted molar refractivity (Wildman–Crippen MR) is 86.8 cm³/mol. The van der Waals surface area contributed by atoms with Crippen LogP contribution in [0.5, 0.6) is 0 Å². The highest BCUT2D eigenvalue weighted by Gasteiger charge is 2.17. The Kier molecular flexibility index (Phi) is 7.27. The van der Waals surface area contributed by atoms with Gasteiger partial charge in [-0.05, 0) is 50.0 Å². The van der Waals surface area contributed by atoms with Gasteiger partial charge in [-0.2, -0.15) is 0 Å². The van der Waals surface area contributed by atoms with Crippen molar-refractivity contribution in [3.05, 3.63) is 24.0 Å². The van der Waals surface area contributed by atoms with Crippen LogP contribution < -0.4 is 16.0 Å². The second-order valence-electron chi connectivity index (χ2n) is 5.32. The molecule has 1 fully saturated rings. The largest absolute Gasteiger partial charge is 0.326 e. The van der Waals surface area contributed by atoms with Crippen LogP contribution in [0.25, 0.3) is 0 Å². The molecule has 0 spiro atoms. The van der Waals surface area contributed by atoms with Gasteiger partial charge in [0, 0.05) is 19.0 Å². The van der Waals surface area contributed by atoms with Crippen molar-refractivity contribution >= 4 is 35.6 Å². The summed E-state index contributed by atoms with van der Waals surface area (Å²) in [6, 6.07) is 4.14. The van der Waals surface area contributed by atoms with Crippen LogP contribution in [0, 0.1) is 11.7 Å². The van der Waals surface area contributed by atoms with Crippen LogP contribution in [0.2, 0.25) is 0 Å². The smallest absolute Gasteiger partial charge is 0.224 e. The van der Waals surface area contributed by atoms with Crippen molar-refractivity contribution < 1.29 is 14.0 Å². The highest BCUT2D eigenvalue weighted by atomic mass is 35.5. The Hall–Kier alpha value is -1.66. The summed E-state index contributed by atoms with van der Waals surface area (Å²) in [5.41, 5.74) is 0.557. The van der Waals surface area contributed by atoms with Gasteiger partial charge >= 0.3 is 0 Å². The average molecular weight is 330 g/mol. The number of benzene rings is 1. The van der Waals surface area contributed by atoms with Gasteiger partial charge < -0.3 is 16.0 Å². The van der Waals surface area contributed by atoms with Gasteiger partial charge in [0.05, 0.1) is 5.69 Å². The molecule has 1 aliphatic rings. The number of amides is 2. The van der Waals surface area contributed by atoms with Crippen molar-refractivity contribution in [2.24, 2.45) is 5.92 Å². The summed E-state index contributed by atoms with van der Waals surface area (Å²) in [6.45, 7) is 3.20. The summed E-state index contributed by atoms with van der Waals surface area (Å²) in [7, 11) is 0. The second kappa shape index (κ2) is 8.70. The zero-order valence-corrected chi connectivity index (χ0v) is 13.3. The van der Waals surface area contributed by atoms with Crippen LogP contribution in [-0.4, -0.2) is 24.9 Å². The summed E-state index contributed by atoms with van der Waals surface area (Å²) < 4.78 is 13.5. The summed E-state index contributed by atoms with van der Waals surface area (Å²) in [6.07, 6.45) is 2.45. The van der Waals surface area contributed by atoms with E-state index in [9.17, 15) is 14.0 Å². The number of anilines is 2. The number of halogens is 2. The first kappa shape index (κ1) is 18.4. The molecule has 0 saturated carbocycles. The monoisotopic (exact) mass is 329 g/mol. The Morgan fingerprint density at radius 2 is 1.95 bits per heavy atom. The topological polar surface area (TPSA) is 70.2 Å². The maximum atomic E-state index is 13.5. The normalized spacial score (nSPS) is 14.8. The van der Waals surface area contributed by atoms with E-state index in [0.717, 1.165) is 25.9 Å². The Labute approximate surface area is 135 Å². The molecule has 0 unspecified atom stereocenters. The van der Waals surface area contributed by atoms with Crippen molar-refractivity contribution in [2.45, 2.75) is 26.2 Å². The van der Waals surface area contributed by atoms with Gasteiger partial charge in [0.2, 0.25) is 11.8 Å². The Balaban J connectivity index is 0.00000242. The highest BCUT2D eigenvalue weighted by molar-refractivity contribution is 5.93. The van der Waals surface area contributed by atoms with Crippen LogP contribution in [0.1, 0.15) is 26.2 Å². The first-order valence-corrected chi connectivity index (χ1v) is 7.12. The van der Waals surface area contributed by atoms with E-state index in [1.807, 2.05) is 0 Å². The maximum absolute atomic E-state index is 13.5. The lowest BCUT2D eigenvalue weighted by Gasteiger charge is -2.22. The second-order valence-corrected chi connectivity index (χ2v) is 5.32. The quantitative estimate of drug-likeness (QED) is 0.795. The summed E-state index contributed by atoms with van der Waals surface area (Å²) in [5.74, 6) is -0.572. The number of piperidine rings is 1. The van der Waals surface area contributed by atoms with Gasteiger partial charge in [0.25, 0.3) is 0 Å². The molecule has 0 aliphatic carbocycles. The molecule has 122 valence electrons. The number of nitrogens with one attached hydrogen (secondary N) is 3. The average Bonchev–Trinajstić information content (AvgIpc) is 2.43. The van der Waals surface area contributed by atoms with E-state index in [0.29, 0.717) is 18.0 Å². The summed E-state index contributed by atoms with van der Waals surface area (Å²) >= 11 is 0. The van der Waals surface area contributed by atoms with E-state index in [1.165, 1.54) is 25.1 Å². The number of rotatable bonds is 4. The van der Waals surface area contributed by atoms with Gasteiger partial charge in [0.1, 0.15) is 5.82 Å². The van der Waals surface area contributed by atoms with E-state index < -0.39 is 5.82 Å². The fraction of sp³-hybridized carbons (Fsp3) is 0.467. The zero-order valence-electron chi connectivity index (χ0n) is 12.4. The molecule has 2 rings (SSSR count). The van der Waals surface area contributed by atoms with Crippen molar-refractivity contribution in [1.29, 1.82) is 0 Å². The molecule has 22 heavy (non-hydrogen) atoms. The molecule has 3 N–H and O–H groups in total. The van der Waals surface area contributed by atoms with Crippen LogP contribution in [0.3, 0.4) is 0 Å². The minimum atomic E-state index is -0.526. The number of carbonyl (C=O) groups is 2. The molecule has 1 aliphatic heterocycles. The molecule has 0 atom stereocenters. The molecule has 7 heteroatoms. The minimum absolute atomic E-state index is 0. The third-order valence-electron chi connectivity index (χ3n) is 3.49.